The van der Waals surface area contributed by atoms with E-state index in [0.29, 0.717) is 5.56 Å². The molecular formula is C10H10BrFO4. The molecule has 0 aliphatic carbocycles. The number of benzene rings is 1. The Bertz CT molecular complexity index is 420. The zero-order valence-electron chi connectivity index (χ0n) is 8.46. The first-order chi connectivity index (χ1) is 7.47. The van der Waals surface area contributed by atoms with E-state index >= 15 is 0 Å². The lowest BCUT2D eigenvalue weighted by Crippen LogP contribution is -2.01. The van der Waals surface area contributed by atoms with Gasteiger partial charge in [0.2, 0.25) is 5.82 Å². The van der Waals surface area contributed by atoms with Crippen LogP contribution in [0.1, 0.15) is 12.0 Å². The van der Waals surface area contributed by atoms with Crippen LogP contribution in [0.3, 0.4) is 0 Å². The van der Waals surface area contributed by atoms with Gasteiger partial charge in [0.15, 0.2) is 11.5 Å². The Morgan fingerprint density at radius 3 is 2.75 bits per heavy atom. The van der Waals surface area contributed by atoms with Crippen LogP contribution >= 0.6 is 15.9 Å². The summed E-state index contributed by atoms with van der Waals surface area (Å²) in [6, 6.07) is 1.44. The van der Waals surface area contributed by atoms with Gasteiger partial charge in [0, 0.05) is 6.42 Å². The maximum absolute atomic E-state index is 13.5. The molecule has 0 saturated heterocycles. The number of phenols is 1. The quantitative estimate of drug-likeness (QED) is 0.894. The third kappa shape index (κ3) is 2.63. The summed E-state index contributed by atoms with van der Waals surface area (Å²) in [7, 11) is 1.26. The van der Waals surface area contributed by atoms with Crippen molar-refractivity contribution in [2.24, 2.45) is 0 Å². The highest BCUT2D eigenvalue weighted by Gasteiger charge is 2.17. The summed E-state index contributed by atoms with van der Waals surface area (Å²) in [5, 5.41) is 17.8. The molecule has 0 aliphatic rings. The molecule has 16 heavy (non-hydrogen) atoms. The number of halogens is 2. The highest BCUT2D eigenvalue weighted by molar-refractivity contribution is 9.10. The van der Waals surface area contributed by atoms with Crippen LogP contribution in [0.5, 0.6) is 11.5 Å². The van der Waals surface area contributed by atoms with Crippen LogP contribution in [-0.4, -0.2) is 23.3 Å². The normalized spacial score (nSPS) is 10.2. The fourth-order valence-electron chi connectivity index (χ4n) is 1.29. The maximum Gasteiger partial charge on any atom is 0.303 e. The van der Waals surface area contributed by atoms with E-state index in [1.54, 1.807) is 0 Å². The zero-order valence-corrected chi connectivity index (χ0v) is 10.0. The number of aryl methyl sites for hydroxylation is 1. The molecule has 0 aliphatic heterocycles. The number of phenolic OH excluding ortho intramolecular Hbond substituents is 1. The Kier molecular flexibility index (Phi) is 4.12. The largest absolute Gasteiger partial charge is 0.504 e. The van der Waals surface area contributed by atoms with Gasteiger partial charge in [-0.2, -0.15) is 4.39 Å². The predicted molar refractivity (Wildman–Crippen MR) is 58.3 cm³/mol. The fraction of sp³-hybridized carbons (Fsp3) is 0.300. The zero-order chi connectivity index (χ0) is 12.3. The van der Waals surface area contributed by atoms with Gasteiger partial charge in [0.25, 0.3) is 0 Å². The molecule has 1 aromatic rings. The number of carboxylic acids is 1. The summed E-state index contributed by atoms with van der Waals surface area (Å²) in [6.07, 6.45) is 0.00131. The molecule has 88 valence electrons. The Balaban J connectivity index is 3.12. The summed E-state index contributed by atoms with van der Waals surface area (Å²) in [5.41, 5.74) is 0.395. The SMILES string of the molecule is COc1c(CCC(=O)O)cc(Br)c(O)c1F. The van der Waals surface area contributed by atoms with E-state index in [0.717, 1.165) is 0 Å². The number of methoxy groups -OCH3 is 1. The highest BCUT2D eigenvalue weighted by atomic mass is 79.9. The molecule has 0 heterocycles. The van der Waals surface area contributed by atoms with Crippen molar-refractivity contribution in [1.29, 1.82) is 0 Å². The molecular weight excluding hydrogens is 283 g/mol. The smallest absolute Gasteiger partial charge is 0.303 e. The molecule has 2 N–H and O–H groups in total. The van der Waals surface area contributed by atoms with Crippen LogP contribution in [-0.2, 0) is 11.2 Å². The van der Waals surface area contributed by atoms with E-state index < -0.39 is 17.5 Å². The number of carboxylic acid groups (broad SMARTS) is 1. The minimum atomic E-state index is -0.980. The maximum atomic E-state index is 13.5. The molecule has 0 atom stereocenters. The summed E-state index contributed by atoms with van der Waals surface area (Å²) in [6.45, 7) is 0. The number of aliphatic carboxylic acids is 1. The Morgan fingerprint density at radius 1 is 1.62 bits per heavy atom. The second-order valence-electron chi connectivity index (χ2n) is 3.11. The van der Waals surface area contributed by atoms with Crippen molar-refractivity contribution < 1.29 is 24.1 Å². The van der Waals surface area contributed by atoms with Crippen molar-refractivity contribution in [3.05, 3.63) is 21.9 Å². The van der Waals surface area contributed by atoms with Gasteiger partial charge in [-0.3, -0.25) is 4.79 Å². The van der Waals surface area contributed by atoms with Gasteiger partial charge < -0.3 is 14.9 Å². The summed E-state index contributed by atoms with van der Waals surface area (Å²) < 4.78 is 18.5. The average Bonchev–Trinajstić information content (AvgIpc) is 2.23. The van der Waals surface area contributed by atoms with Gasteiger partial charge in [-0.1, -0.05) is 0 Å². The second kappa shape index (κ2) is 5.16. The van der Waals surface area contributed by atoms with Crippen LogP contribution in [0, 0.1) is 5.82 Å². The molecule has 1 rings (SSSR count). The number of ether oxygens (including phenoxy) is 1. The van der Waals surface area contributed by atoms with Crippen molar-refractivity contribution in [1.82, 2.24) is 0 Å². The Hall–Kier alpha value is -1.30. The van der Waals surface area contributed by atoms with Gasteiger partial charge >= 0.3 is 5.97 Å². The van der Waals surface area contributed by atoms with Crippen molar-refractivity contribution in [2.45, 2.75) is 12.8 Å². The monoisotopic (exact) mass is 292 g/mol. The summed E-state index contributed by atoms with van der Waals surface area (Å²) >= 11 is 2.97. The van der Waals surface area contributed by atoms with E-state index in [1.807, 2.05) is 0 Å². The van der Waals surface area contributed by atoms with Crippen LogP contribution in [0.15, 0.2) is 10.5 Å². The molecule has 0 spiro atoms. The molecule has 1 aromatic carbocycles. The minimum absolute atomic E-state index is 0.123. The van der Waals surface area contributed by atoms with Crippen LogP contribution in [0.25, 0.3) is 0 Å². The first-order valence-electron chi connectivity index (χ1n) is 4.43. The first kappa shape index (κ1) is 12.8. The lowest BCUT2D eigenvalue weighted by molar-refractivity contribution is -0.136. The number of hydrogen-bond acceptors (Lipinski definition) is 3. The Morgan fingerprint density at radius 2 is 2.25 bits per heavy atom. The van der Waals surface area contributed by atoms with Crippen LogP contribution < -0.4 is 4.74 Å². The molecule has 4 nitrogen and oxygen atoms in total. The Labute approximate surface area is 99.8 Å². The molecule has 0 amide bonds. The van der Waals surface area contributed by atoms with Gasteiger partial charge in [0.05, 0.1) is 11.6 Å². The molecule has 0 unspecified atom stereocenters. The molecule has 0 bridgehead atoms. The van der Waals surface area contributed by atoms with E-state index in [2.05, 4.69) is 15.9 Å². The number of carbonyl (C=O) groups is 1. The highest BCUT2D eigenvalue weighted by Crippen LogP contribution is 2.36. The number of hydrogen-bond donors (Lipinski definition) is 2. The molecule has 0 fully saturated rings. The topological polar surface area (TPSA) is 66.8 Å². The lowest BCUT2D eigenvalue weighted by Gasteiger charge is -2.11. The van der Waals surface area contributed by atoms with E-state index in [1.165, 1.54) is 13.2 Å². The van der Waals surface area contributed by atoms with Crippen molar-refractivity contribution in [3.63, 3.8) is 0 Å². The standard InChI is InChI=1S/C10H10BrFO4/c1-16-10-5(2-3-7(13)14)4-6(11)9(15)8(10)12/h4,15H,2-3H2,1H3,(H,13,14). The molecule has 0 saturated carbocycles. The first-order valence-corrected chi connectivity index (χ1v) is 5.22. The van der Waals surface area contributed by atoms with Crippen LogP contribution in [0.2, 0.25) is 0 Å². The van der Waals surface area contributed by atoms with Gasteiger partial charge in [-0.05, 0) is 34.0 Å². The van der Waals surface area contributed by atoms with Crippen molar-refractivity contribution in [2.75, 3.05) is 7.11 Å². The van der Waals surface area contributed by atoms with Gasteiger partial charge in [0.1, 0.15) is 0 Å². The number of aromatic hydroxyl groups is 1. The van der Waals surface area contributed by atoms with Crippen LogP contribution in [0.4, 0.5) is 4.39 Å². The van der Waals surface area contributed by atoms with Crippen molar-refractivity contribution in [3.8, 4) is 11.5 Å². The lowest BCUT2D eigenvalue weighted by atomic mass is 10.1. The van der Waals surface area contributed by atoms with Crippen molar-refractivity contribution >= 4 is 21.9 Å². The van der Waals surface area contributed by atoms with Gasteiger partial charge in [-0.15, -0.1) is 0 Å². The third-order valence-electron chi connectivity index (χ3n) is 2.04. The second-order valence-corrected chi connectivity index (χ2v) is 3.96. The van der Waals surface area contributed by atoms with Gasteiger partial charge in [-0.25, -0.2) is 0 Å². The summed E-state index contributed by atoms with van der Waals surface area (Å²) in [5.74, 6) is -2.54. The molecule has 0 radical (unpaired) electrons. The van der Waals surface area contributed by atoms with E-state index in [-0.39, 0.29) is 23.1 Å². The van der Waals surface area contributed by atoms with E-state index in [9.17, 15) is 14.3 Å². The number of rotatable bonds is 4. The van der Waals surface area contributed by atoms with E-state index in [4.69, 9.17) is 9.84 Å². The molecule has 0 aromatic heterocycles. The third-order valence-corrected chi connectivity index (χ3v) is 2.64. The molecule has 6 heteroatoms. The summed E-state index contributed by atoms with van der Waals surface area (Å²) in [4.78, 5) is 10.4. The fourth-order valence-corrected chi connectivity index (χ4v) is 1.74. The minimum Gasteiger partial charge on any atom is -0.504 e. The predicted octanol–water partition coefficient (Wildman–Crippen LogP) is 2.32. The average molecular weight is 293 g/mol.